The van der Waals surface area contributed by atoms with E-state index < -0.39 is 6.09 Å². The van der Waals surface area contributed by atoms with Crippen LogP contribution in [0, 0.1) is 0 Å². The lowest BCUT2D eigenvalue weighted by atomic mass is 10.1. The number of nitrogens with zero attached hydrogens (tertiary/aromatic N) is 2. The van der Waals surface area contributed by atoms with Crippen LogP contribution in [0.1, 0.15) is 13.8 Å². The van der Waals surface area contributed by atoms with E-state index in [0.29, 0.717) is 24.8 Å². The minimum atomic E-state index is -0.426. The van der Waals surface area contributed by atoms with Crippen LogP contribution >= 0.6 is 0 Å². The third-order valence-corrected chi connectivity index (χ3v) is 5.76. The predicted octanol–water partition coefficient (Wildman–Crippen LogP) is 1.97. The predicted molar refractivity (Wildman–Crippen MR) is 124 cm³/mol. The van der Waals surface area contributed by atoms with Crippen LogP contribution in [-0.2, 0) is 9.53 Å². The van der Waals surface area contributed by atoms with Gasteiger partial charge >= 0.3 is 6.09 Å². The highest BCUT2D eigenvalue weighted by Crippen LogP contribution is 2.26. The molecule has 4 rings (SSSR count). The van der Waals surface area contributed by atoms with E-state index >= 15 is 0 Å². The molecule has 2 aromatic rings. The van der Waals surface area contributed by atoms with E-state index in [1.165, 1.54) is 6.92 Å². The standard InChI is InChI=1S/C24H28N4O4/c1-16-14-27(12-11-25-16)22-9-5-19(6-10-23(22)30)18-3-7-20(8-4-18)28-15-21(32-24(28)31)13-26-17(2)29/h3-10,16,21,25H,11-15H2,1-2H3,(H,26,29). The number of carbonyl (C=O) groups excluding carboxylic acids is 2. The van der Waals surface area contributed by atoms with Crippen LogP contribution in [0.25, 0.3) is 11.1 Å². The van der Waals surface area contributed by atoms with Gasteiger partial charge in [-0.2, -0.15) is 0 Å². The zero-order valence-electron chi connectivity index (χ0n) is 18.3. The van der Waals surface area contributed by atoms with Gasteiger partial charge in [-0.25, -0.2) is 4.79 Å². The molecule has 0 spiro atoms. The van der Waals surface area contributed by atoms with Crippen LogP contribution in [0.5, 0.6) is 0 Å². The van der Waals surface area contributed by atoms with Gasteiger partial charge in [0.05, 0.1) is 18.8 Å². The highest BCUT2D eigenvalue weighted by molar-refractivity contribution is 5.90. The van der Waals surface area contributed by atoms with Crippen molar-refractivity contribution in [3.05, 3.63) is 58.8 Å². The number of anilines is 2. The lowest BCUT2D eigenvalue weighted by Crippen LogP contribution is -2.50. The van der Waals surface area contributed by atoms with Gasteiger partial charge in [0.1, 0.15) is 6.10 Å². The summed E-state index contributed by atoms with van der Waals surface area (Å²) in [4.78, 5) is 39.6. The van der Waals surface area contributed by atoms with Crippen molar-refractivity contribution in [2.45, 2.75) is 26.0 Å². The molecule has 0 radical (unpaired) electrons. The zero-order chi connectivity index (χ0) is 22.7. The van der Waals surface area contributed by atoms with Gasteiger partial charge in [-0.1, -0.05) is 24.3 Å². The van der Waals surface area contributed by atoms with Crippen molar-refractivity contribution in [2.24, 2.45) is 0 Å². The van der Waals surface area contributed by atoms with E-state index in [4.69, 9.17) is 4.74 Å². The number of hydrogen-bond donors (Lipinski definition) is 2. The van der Waals surface area contributed by atoms with E-state index in [-0.39, 0.29) is 17.4 Å². The van der Waals surface area contributed by atoms with Crippen molar-refractivity contribution in [3.8, 4) is 11.1 Å². The van der Waals surface area contributed by atoms with Gasteiger partial charge in [0.2, 0.25) is 11.3 Å². The molecule has 8 nitrogen and oxygen atoms in total. The molecule has 2 aliphatic rings. The molecule has 2 atom stereocenters. The van der Waals surface area contributed by atoms with Crippen LogP contribution in [-0.4, -0.2) is 56.9 Å². The maximum absolute atomic E-state index is 12.7. The zero-order valence-corrected chi connectivity index (χ0v) is 18.3. The quantitative estimate of drug-likeness (QED) is 0.745. The van der Waals surface area contributed by atoms with Crippen molar-refractivity contribution < 1.29 is 14.3 Å². The summed E-state index contributed by atoms with van der Waals surface area (Å²) < 4.78 is 5.33. The van der Waals surface area contributed by atoms with Gasteiger partial charge in [0.25, 0.3) is 0 Å². The van der Waals surface area contributed by atoms with Crippen molar-refractivity contribution in [1.82, 2.24) is 10.6 Å². The second-order valence-electron chi connectivity index (χ2n) is 8.27. The van der Waals surface area contributed by atoms with Gasteiger partial charge < -0.3 is 20.3 Å². The van der Waals surface area contributed by atoms with Gasteiger partial charge in [-0.15, -0.1) is 0 Å². The monoisotopic (exact) mass is 436 g/mol. The largest absolute Gasteiger partial charge is 0.442 e. The maximum Gasteiger partial charge on any atom is 0.414 e. The first-order valence-corrected chi connectivity index (χ1v) is 10.9. The normalized spacial score (nSPS) is 20.8. The Bertz CT molecular complexity index is 1060. The molecule has 2 unspecified atom stereocenters. The molecule has 32 heavy (non-hydrogen) atoms. The van der Waals surface area contributed by atoms with E-state index in [9.17, 15) is 14.4 Å². The van der Waals surface area contributed by atoms with Crippen LogP contribution in [0.4, 0.5) is 16.2 Å². The Morgan fingerprint density at radius 3 is 2.44 bits per heavy atom. The number of rotatable bonds is 5. The van der Waals surface area contributed by atoms with Crippen LogP contribution in [0.2, 0.25) is 0 Å². The summed E-state index contributed by atoms with van der Waals surface area (Å²) in [5, 5.41) is 6.07. The molecule has 8 heteroatoms. The van der Waals surface area contributed by atoms with Crippen LogP contribution < -0.4 is 25.9 Å². The summed E-state index contributed by atoms with van der Waals surface area (Å²) in [7, 11) is 0. The van der Waals surface area contributed by atoms with E-state index in [1.807, 2.05) is 42.5 Å². The van der Waals surface area contributed by atoms with Gasteiger partial charge in [0, 0.05) is 38.3 Å². The Labute approximate surface area is 187 Å². The van der Waals surface area contributed by atoms with Gasteiger partial charge in [-0.05, 0) is 42.3 Å². The smallest absolute Gasteiger partial charge is 0.414 e. The fourth-order valence-corrected chi connectivity index (χ4v) is 4.09. The van der Waals surface area contributed by atoms with E-state index in [2.05, 4.69) is 22.5 Å². The third kappa shape index (κ3) is 4.91. The van der Waals surface area contributed by atoms with Crippen LogP contribution in [0.3, 0.4) is 0 Å². The number of carbonyl (C=O) groups is 2. The molecular weight excluding hydrogens is 408 g/mol. The first kappa shape index (κ1) is 21.8. The summed E-state index contributed by atoms with van der Waals surface area (Å²) in [5.74, 6) is -0.157. The Balaban J connectivity index is 1.49. The lowest BCUT2D eigenvalue weighted by Gasteiger charge is -2.32. The molecule has 0 aliphatic carbocycles. The number of amides is 2. The van der Waals surface area contributed by atoms with Crippen molar-refractivity contribution in [3.63, 3.8) is 0 Å². The highest BCUT2D eigenvalue weighted by Gasteiger charge is 2.32. The third-order valence-electron chi connectivity index (χ3n) is 5.76. The van der Waals surface area contributed by atoms with Crippen LogP contribution in [0.15, 0.2) is 53.3 Å². The summed E-state index contributed by atoms with van der Waals surface area (Å²) in [6, 6.07) is 15.2. The molecule has 2 saturated heterocycles. The van der Waals surface area contributed by atoms with E-state index in [0.717, 1.165) is 36.4 Å². The Hall–Kier alpha value is -3.39. The molecule has 168 valence electrons. The molecule has 2 aromatic carbocycles. The van der Waals surface area contributed by atoms with E-state index in [1.54, 1.807) is 11.0 Å². The number of nitrogens with one attached hydrogen (secondary N) is 2. The molecule has 2 heterocycles. The summed E-state index contributed by atoms with van der Waals surface area (Å²) in [6.07, 6.45) is -0.800. The van der Waals surface area contributed by atoms with Gasteiger partial charge in [0.15, 0.2) is 0 Å². The summed E-state index contributed by atoms with van der Waals surface area (Å²) in [5.41, 5.74) is 3.32. The number of benzene rings is 1. The molecule has 0 bridgehead atoms. The topological polar surface area (TPSA) is 91.0 Å². The Morgan fingerprint density at radius 1 is 1.06 bits per heavy atom. The fraction of sp³-hybridized carbons (Fsp3) is 0.375. The molecular formula is C24H28N4O4. The minimum Gasteiger partial charge on any atom is -0.442 e. The minimum absolute atomic E-state index is 0.00648. The molecule has 0 aromatic heterocycles. The Kier molecular flexibility index (Phi) is 6.41. The van der Waals surface area contributed by atoms with Gasteiger partial charge in [-0.3, -0.25) is 14.5 Å². The first-order chi connectivity index (χ1) is 15.4. The average molecular weight is 437 g/mol. The van der Waals surface area contributed by atoms with Crippen molar-refractivity contribution >= 4 is 23.4 Å². The SMILES string of the molecule is CC(=O)NCC1CN(c2ccc(-c3ccc(N4CCNC(C)C4)c(=O)cc3)cc2)C(=O)O1. The summed E-state index contributed by atoms with van der Waals surface area (Å²) in [6.45, 7) is 6.69. The lowest BCUT2D eigenvalue weighted by molar-refractivity contribution is -0.119. The number of piperazine rings is 1. The molecule has 2 aliphatic heterocycles. The van der Waals surface area contributed by atoms with Crippen molar-refractivity contribution in [1.29, 1.82) is 0 Å². The second-order valence-corrected chi connectivity index (χ2v) is 8.27. The Morgan fingerprint density at radius 2 is 1.75 bits per heavy atom. The molecule has 2 fully saturated rings. The average Bonchev–Trinajstić information content (AvgIpc) is 3.03. The maximum atomic E-state index is 12.7. The second kappa shape index (κ2) is 9.40. The fourth-order valence-electron chi connectivity index (χ4n) is 4.09. The highest BCUT2D eigenvalue weighted by atomic mass is 16.6. The summed E-state index contributed by atoms with van der Waals surface area (Å²) >= 11 is 0. The number of hydrogen-bond acceptors (Lipinski definition) is 6. The number of cyclic esters (lactones) is 1. The number of ether oxygens (including phenoxy) is 1. The molecule has 2 amide bonds. The van der Waals surface area contributed by atoms with Crippen molar-refractivity contribution in [2.75, 3.05) is 42.5 Å². The molecule has 2 N–H and O–H groups in total. The first-order valence-electron chi connectivity index (χ1n) is 10.9. The molecule has 0 saturated carbocycles.